The van der Waals surface area contributed by atoms with Crippen molar-refractivity contribution in [2.24, 2.45) is 5.92 Å². The van der Waals surface area contributed by atoms with Crippen LogP contribution in [-0.2, 0) is 0 Å². The number of piperidine rings is 1. The number of halogens is 1. The Hall–Kier alpha value is -2.27. The van der Waals surface area contributed by atoms with Crippen LogP contribution in [0.3, 0.4) is 0 Å². The highest BCUT2D eigenvalue weighted by Gasteiger charge is 2.27. The van der Waals surface area contributed by atoms with Gasteiger partial charge in [-0.3, -0.25) is 0 Å². The van der Waals surface area contributed by atoms with E-state index in [1.807, 2.05) is 0 Å². The Morgan fingerprint density at radius 1 is 1.29 bits per heavy atom. The van der Waals surface area contributed by atoms with Crippen molar-refractivity contribution in [3.63, 3.8) is 0 Å². The summed E-state index contributed by atoms with van der Waals surface area (Å²) in [6.45, 7) is -12.1. The summed E-state index contributed by atoms with van der Waals surface area (Å²) in [6.07, 6.45) is -3.28. The van der Waals surface area contributed by atoms with Crippen LogP contribution in [0.4, 0.5) is 4.39 Å². The van der Waals surface area contributed by atoms with Crippen molar-refractivity contribution in [2.75, 3.05) is 26.3 Å². The van der Waals surface area contributed by atoms with Crippen molar-refractivity contribution < 1.29 is 37.8 Å². The minimum absolute atomic E-state index is 0.0464. The molecule has 0 radical (unpaired) electrons. The molecular weight excluding hydrogens is 309 g/mol. The van der Waals surface area contributed by atoms with Crippen LogP contribution in [0.25, 0.3) is 0 Å². The predicted molar refractivity (Wildman–Crippen MR) is 88.2 cm³/mol. The molecule has 2 aliphatic heterocycles. The quantitative estimate of drug-likeness (QED) is 0.924. The van der Waals surface area contributed by atoms with E-state index in [0.29, 0.717) is 0 Å². The highest BCUT2D eigenvalue weighted by molar-refractivity contribution is 5.46. The van der Waals surface area contributed by atoms with Gasteiger partial charge in [0.2, 0.25) is 6.75 Å². The minimum atomic E-state index is -3.28. The lowest BCUT2D eigenvalue weighted by Gasteiger charge is -2.32. The van der Waals surface area contributed by atoms with E-state index >= 15 is 0 Å². The van der Waals surface area contributed by atoms with Crippen LogP contribution in [0.1, 0.15) is 37.0 Å². The summed E-state index contributed by atoms with van der Waals surface area (Å²) in [5.41, 5.74) is -0.933. The molecule has 2 heterocycles. The number of hydrogen-bond acceptors (Lipinski definition) is 4. The summed E-state index contributed by atoms with van der Waals surface area (Å²) in [5.74, 6) is -6.91. The molecule has 4 rings (SSSR count). The lowest BCUT2D eigenvalue weighted by Crippen LogP contribution is -2.38. The minimum Gasteiger partial charge on any atom is -0.493 e. The van der Waals surface area contributed by atoms with E-state index in [-0.39, 0.29) is 17.2 Å². The van der Waals surface area contributed by atoms with Gasteiger partial charge in [0.15, 0.2) is 11.5 Å². The predicted octanol–water partition coefficient (Wildman–Crippen LogP) is 3.33. The molecule has 0 aromatic heterocycles. The maximum Gasteiger partial charge on any atom is 0.231 e. The van der Waals surface area contributed by atoms with Crippen LogP contribution in [0.5, 0.6) is 17.2 Å². The molecule has 2 atom stereocenters. The molecule has 4 nitrogen and oxygen atoms in total. The van der Waals surface area contributed by atoms with E-state index in [2.05, 4.69) is 0 Å². The van der Waals surface area contributed by atoms with Crippen LogP contribution in [0, 0.1) is 11.7 Å². The monoisotopic (exact) mass is 343 g/mol. The molecule has 24 heavy (non-hydrogen) atoms. The van der Waals surface area contributed by atoms with Crippen LogP contribution in [-0.4, -0.2) is 26.3 Å². The summed E-state index contributed by atoms with van der Waals surface area (Å²) in [4.78, 5) is 0. The molecule has 2 aromatic rings. The number of benzene rings is 2. The zero-order valence-corrected chi connectivity index (χ0v) is 12.0. The third kappa shape index (κ3) is 3.17. The van der Waals surface area contributed by atoms with Gasteiger partial charge in [0.1, 0.15) is 14.3 Å². The van der Waals surface area contributed by atoms with Crippen molar-refractivity contribution >= 4 is 0 Å². The molecule has 1 N–H and O–H groups in total. The lowest BCUT2D eigenvalue weighted by molar-refractivity contribution is 0.173. The first kappa shape index (κ1) is 6.23. The van der Waals surface area contributed by atoms with Gasteiger partial charge in [-0.15, -0.1) is 0 Å². The number of fused-ring (bicyclic) bond motifs is 1. The summed E-state index contributed by atoms with van der Waals surface area (Å²) < 4.78 is 144. The Balaban J connectivity index is 1.89. The van der Waals surface area contributed by atoms with E-state index in [0.717, 1.165) is 12.1 Å². The van der Waals surface area contributed by atoms with E-state index in [9.17, 15) is 4.39 Å². The van der Waals surface area contributed by atoms with Crippen molar-refractivity contribution in [3.05, 3.63) is 53.7 Å². The topological polar surface area (TPSA) is 39.7 Å². The Morgan fingerprint density at radius 3 is 3.00 bits per heavy atom. The number of ether oxygens (including phenoxy) is 3. The maximum atomic E-state index is 14.3. The standard InChI is InChI=1S/C19H20FNO3/c20-15-3-1-13(2-4-15)17-7-8-21-10-14(17)11-22-16-5-6-18-19(9-16)24-12-23-18/h1-6,9,14,17,21H,7-8,10-12H2/t14?,17-/m0/s1/i1D,2D,3D,4D,7D2,8D2,10D2,11D2,12D2. The van der Waals surface area contributed by atoms with Gasteiger partial charge in [-0.25, -0.2) is 4.39 Å². The van der Waals surface area contributed by atoms with Crippen molar-refractivity contribution in [1.29, 1.82) is 0 Å². The number of nitrogens with one attached hydrogen (secondary N) is 1. The van der Waals surface area contributed by atoms with Gasteiger partial charge in [-0.2, -0.15) is 0 Å². The summed E-state index contributed by atoms with van der Waals surface area (Å²) in [5, 5.41) is 1.78. The average molecular weight is 343 g/mol. The molecule has 1 fully saturated rings. The van der Waals surface area contributed by atoms with Gasteiger partial charge in [0, 0.05) is 26.7 Å². The van der Waals surface area contributed by atoms with Gasteiger partial charge in [0.25, 0.3) is 0 Å². The SMILES string of the molecule is [2H]c1c([2H])c([C@H]2C(C([2H])([2H])Oc3ccc4c(c3)OC([2H])([2H])O4)C([2H])([2H])NC([2H])([2H])C2([2H])[2H])c([2H])c([2H])c1F. The molecule has 0 aliphatic carbocycles. The second-order valence-electron chi connectivity index (χ2n) is 4.84. The van der Waals surface area contributed by atoms with Gasteiger partial charge in [0.05, 0.1) is 14.8 Å². The zero-order chi connectivity index (χ0) is 28.8. The Labute approximate surface area is 160 Å². The Morgan fingerprint density at radius 2 is 2.12 bits per heavy atom. The van der Waals surface area contributed by atoms with Crippen LogP contribution < -0.4 is 19.5 Å². The fraction of sp³-hybridized carbons (Fsp3) is 0.368. The molecule has 2 aliphatic rings. The first-order valence-electron chi connectivity index (χ1n) is 13.9. The van der Waals surface area contributed by atoms with Gasteiger partial charge >= 0.3 is 0 Å². The second-order valence-corrected chi connectivity index (χ2v) is 4.84. The van der Waals surface area contributed by atoms with Crippen molar-refractivity contribution in [3.8, 4) is 17.2 Å². The van der Waals surface area contributed by atoms with Crippen LogP contribution >= 0.6 is 0 Å². The number of rotatable bonds is 4. The van der Waals surface area contributed by atoms with E-state index in [1.54, 1.807) is 5.32 Å². The lowest BCUT2D eigenvalue weighted by atomic mass is 9.81. The molecular formula is C19H20FNO3. The molecule has 1 unspecified atom stereocenters. The summed E-state index contributed by atoms with van der Waals surface area (Å²) >= 11 is 0. The largest absolute Gasteiger partial charge is 0.493 e. The fourth-order valence-corrected chi connectivity index (χ4v) is 2.15. The Bertz CT molecular complexity index is 1270. The molecule has 0 bridgehead atoms. The Kier molecular flexibility index (Phi) is 1.74. The van der Waals surface area contributed by atoms with E-state index < -0.39 is 80.1 Å². The van der Waals surface area contributed by atoms with Crippen LogP contribution in [0.15, 0.2) is 42.4 Å². The van der Waals surface area contributed by atoms with Crippen molar-refractivity contribution in [2.45, 2.75) is 12.3 Å². The van der Waals surface area contributed by atoms with Crippen molar-refractivity contribution in [1.82, 2.24) is 5.32 Å². The molecule has 126 valence electrons. The molecule has 1 saturated heterocycles. The fourth-order valence-electron chi connectivity index (χ4n) is 2.15. The highest BCUT2D eigenvalue weighted by Crippen LogP contribution is 2.36. The highest BCUT2D eigenvalue weighted by atomic mass is 19.1. The van der Waals surface area contributed by atoms with E-state index in [4.69, 9.17) is 33.4 Å². The first-order valence-corrected chi connectivity index (χ1v) is 6.89. The maximum absolute atomic E-state index is 14.3. The van der Waals surface area contributed by atoms with Crippen LogP contribution in [0.2, 0.25) is 0 Å². The third-order valence-electron chi connectivity index (χ3n) is 3.30. The zero-order valence-electron chi connectivity index (χ0n) is 26.0. The summed E-state index contributed by atoms with van der Waals surface area (Å²) in [7, 11) is 0. The van der Waals surface area contributed by atoms with Gasteiger partial charge in [-0.1, -0.05) is 12.1 Å². The summed E-state index contributed by atoms with van der Waals surface area (Å²) in [6, 6.07) is -1.36. The molecule has 2 aromatic carbocycles. The van der Waals surface area contributed by atoms with Gasteiger partial charge in [-0.05, 0) is 48.6 Å². The third-order valence-corrected chi connectivity index (χ3v) is 3.30. The average Bonchev–Trinajstić information content (AvgIpc) is 3.06. The molecule has 5 heteroatoms. The second kappa shape index (κ2) is 6.69. The molecule has 0 spiro atoms. The molecule has 0 saturated carbocycles. The van der Waals surface area contributed by atoms with Gasteiger partial charge < -0.3 is 19.5 Å². The first-order chi connectivity index (χ1) is 17.1. The normalized spacial score (nSPS) is 39.9. The molecule has 0 amide bonds. The number of hydrogen-bond donors (Lipinski definition) is 1. The smallest absolute Gasteiger partial charge is 0.231 e. The van der Waals surface area contributed by atoms with E-state index in [1.165, 1.54) is 6.07 Å².